The molecule has 0 unspecified atom stereocenters. The van der Waals surface area contributed by atoms with Crippen molar-refractivity contribution in [3.05, 3.63) is 75.6 Å². The molecule has 2 aliphatic rings. The molecule has 34 heavy (non-hydrogen) atoms. The van der Waals surface area contributed by atoms with Gasteiger partial charge in [0.15, 0.2) is 0 Å². The number of hydrogen-bond donors (Lipinski definition) is 2. The molecule has 0 spiro atoms. The number of rotatable bonds is 3. The third-order valence-corrected chi connectivity index (χ3v) is 7.31. The van der Waals surface area contributed by atoms with E-state index in [0.717, 1.165) is 83.7 Å². The van der Waals surface area contributed by atoms with Crippen LogP contribution in [0, 0.1) is 25.2 Å². The second-order valence-electron chi connectivity index (χ2n) is 9.51. The SMILES string of the molecule is Cc1cc(C)c(-c2nc3c([nH]2)CCNCC3)cc1C(=O)N1CCC(c2ccccc2C#N)CC1. The van der Waals surface area contributed by atoms with Crippen LogP contribution in [0.25, 0.3) is 11.4 Å². The van der Waals surface area contributed by atoms with E-state index in [1.807, 2.05) is 36.1 Å². The number of hydrogen-bond acceptors (Lipinski definition) is 4. The molecule has 1 aromatic heterocycles. The highest BCUT2D eigenvalue weighted by atomic mass is 16.2. The van der Waals surface area contributed by atoms with Crippen molar-refractivity contribution in [2.24, 2.45) is 0 Å². The average Bonchev–Trinajstić information content (AvgIpc) is 3.13. The van der Waals surface area contributed by atoms with Crippen LogP contribution in [0.1, 0.15) is 62.8 Å². The maximum atomic E-state index is 13.6. The Kier molecular flexibility index (Phi) is 6.21. The Bertz CT molecular complexity index is 1240. The van der Waals surface area contributed by atoms with Gasteiger partial charge >= 0.3 is 0 Å². The van der Waals surface area contributed by atoms with Crippen LogP contribution in [0.2, 0.25) is 0 Å². The Morgan fingerprint density at radius 1 is 1.09 bits per heavy atom. The molecule has 0 radical (unpaired) electrons. The lowest BCUT2D eigenvalue weighted by molar-refractivity contribution is 0.0712. The fourth-order valence-electron chi connectivity index (χ4n) is 5.39. The predicted molar refractivity (Wildman–Crippen MR) is 133 cm³/mol. The highest BCUT2D eigenvalue weighted by Crippen LogP contribution is 2.32. The molecular formula is C28H31N5O. The normalized spacial score (nSPS) is 16.6. The lowest BCUT2D eigenvalue weighted by Gasteiger charge is -2.33. The van der Waals surface area contributed by atoms with Crippen molar-refractivity contribution < 1.29 is 4.79 Å². The zero-order chi connectivity index (χ0) is 23.7. The number of carbonyl (C=O) groups excluding carboxylic acids is 1. The summed E-state index contributed by atoms with van der Waals surface area (Å²) in [5.74, 6) is 1.27. The number of aromatic nitrogens is 2. The number of aromatic amines is 1. The van der Waals surface area contributed by atoms with Crippen LogP contribution in [0.5, 0.6) is 0 Å². The van der Waals surface area contributed by atoms with E-state index in [9.17, 15) is 10.1 Å². The molecule has 6 nitrogen and oxygen atoms in total. The van der Waals surface area contributed by atoms with Gasteiger partial charge in [-0.2, -0.15) is 5.26 Å². The summed E-state index contributed by atoms with van der Waals surface area (Å²) in [6, 6.07) is 14.3. The first-order valence-electron chi connectivity index (χ1n) is 12.2. The Hall–Kier alpha value is -3.43. The van der Waals surface area contributed by atoms with Crippen LogP contribution in [-0.2, 0) is 12.8 Å². The number of nitrogens with one attached hydrogen (secondary N) is 2. The van der Waals surface area contributed by atoms with E-state index in [4.69, 9.17) is 4.98 Å². The second-order valence-corrected chi connectivity index (χ2v) is 9.51. The van der Waals surface area contributed by atoms with Gasteiger partial charge in [-0.1, -0.05) is 24.3 Å². The first kappa shape index (κ1) is 22.4. The molecule has 2 N–H and O–H groups in total. The van der Waals surface area contributed by atoms with E-state index in [1.165, 1.54) is 5.69 Å². The molecule has 1 saturated heterocycles. The number of carbonyl (C=O) groups is 1. The van der Waals surface area contributed by atoms with Gasteiger partial charge < -0.3 is 15.2 Å². The minimum absolute atomic E-state index is 0.0862. The van der Waals surface area contributed by atoms with Gasteiger partial charge in [-0.3, -0.25) is 4.79 Å². The maximum Gasteiger partial charge on any atom is 0.254 e. The summed E-state index contributed by atoms with van der Waals surface area (Å²) in [7, 11) is 0. The third-order valence-electron chi connectivity index (χ3n) is 7.31. The molecule has 3 heterocycles. The van der Waals surface area contributed by atoms with E-state index >= 15 is 0 Å². The molecule has 0 saturated carbocycles. The summed E-state index contributed by atoms with van der Waals surface area (Å²) in [5, 5.41) is 12.9. The molecule has 5 rings (SSSR count). The van der Waals surface area contributed by atoms with Crippen LogP contribution in [-0.4, -0.2) is 47.0 Å². The predicted octanol–water partition coefficient (Wildman–Crippen LogP) is 4.27. The molecular weight excluding hydrogens is 422 g/mol. The number of amides is 1. The van der Waals surface area contributed by atoms with Gasteiger partial charge in [0.2, 0.25) is 0 Å². The average molecular weight is 454 g/mol. The largest absolute Gasteiger partial charge is 0.342 e. The minimum Gasteiger partial charge on any atom is -0.342 e. The van der Waals surface area contributed by atoms with E-state index in [0.29, 0.717) is 19.0 Å². The van der Waals surface area contributed by atoms with Gasteiger partial charge in [-0.15, -0.1) is 0 Å². The Balaban J connectivity index is 1.36. The van der Waals surface area contributed by atoms with Crippen molar-refractivity contribution in [2.45, 2.75) is 45.4 Å². The van der Waals surface area contributed by atoms with Crippen molar-refractivity contribution >= 4 is 5.91 Å². The molecule has 0 bridgehead atoms. The topological polar surface area (TPSA) is 84.8 Å². The van der Waals surface area contributed by atoms with Crippen LogP contribution < -0.4 is 5.32 Å². The molecule has 6 heteroatoms. The minimum atomic E-state index is 0.0862. The maximum absolute atomic E-state index is 13.6. The number of likely N-dealkylation sites (tertiary alicyclic amines) is 1. The van der Waals surface area contributed by atoms with E-state index < -0.39 is 0 Å². The number of nitrogens with zero attached hydrogens (tertiary/aromatic N) is 3. The Labute approximate surface area is 201 Å². The van der Waals surface area contributed by atoms with Crippen LogP contribution >= 0.6 is 0 Å². The van der Waals surface area contributed by atoms with Crippen molar-refractivity contribution in [2.75, 3.05) is 26.2 Å². The molecule has 2 aromatic carbocycles. The standard InChI is InChI=1S/C28H31N5O/c1-18-15-19(2)24(16-23(18)27-31-25-7-11-30-12-8-26(25)32-27)28(34)33-13-9-20(10-14-33)22-6-4-3-5-21(22)17-29/h3-6,15-16,20,30H,7-14H2,1-2H3,(H,31,32). The van der Waals surface area contributed by atoms with E-state index in [-0.39, 0.29) is 5.91 Å². The molecule has 1 fully saturated rings. The molecule has 1 amide bonds. The zero-order valence-corrected chi connectivity index (χ0v) is 19.9. The third kappa shape index (κ3) is 4.24. The number of imidazole rings is 1. The number of nitriles is 1. The quantitative estimate of drug-likeness (QED) is 0.620. The lowest BCUT2D eigenvalue weighted by Crippen LogP contribution is -2.38. The van der Waals surface area contributed by atoms with Gasteiger partial charge in [-0.25, -0.2) is 4.98 Å². The monoisotopic (exact) mass is 453 g/mol. The van der Waals surface area contributed by atoms with E-state index in [2.05, 4.69) is 35.4 Å². The Morgan fingerprint density at radius 2 is 1.85 bits per heavy atom. The van der Waals surface area contributed by atoms with E-state index in [1.54, 1.807) is 0 Å². The first-order chi connectivity index (χ1) is 16.5. The lowest BCUT2D eigenvalue weighted by atomic mass is 9.86. The molecule has 174 valence electrons. The molecule has 2 aliphatic heterocycles. The van der Waals surface area contributed by atoms with Gasteiger partial charge in [0.05, 0.1) is 17.3 Å². The summed E-state index contributed by atoms with van der Waals surface area (Å²) in [6.07, 6.45) is 3.62. The number of aryl methyl sites for hydroxylation is 2. The van der Waals surface area contributed by atoms with Crippen molar-refractivity contribution in [3.63, 3.8) is 0 Å². The summed E-state index contributed by atoms with van der Waals surface area (Å²) < 4.78 is 0. The number of piperidine rings is 1. The van der Waals surface area contributed by atoms with Gasteiger partial charge in [0, 0.05) is 55.8 Å². The van der Waals surface area contributed by atoms with Gasteiger partial charge in [0.25, 0.3) is 5.91 Å². The summed E-state index contributed by atoms with van der Waals surface area (Å²) in [5.41, 5.74) is 8.08. The molecule has 0 atom stereocenters. The van der Waals surface area contributed by atoms with Crippen molar-refractivity contribution in [3.8, 4) is 17.5 Å². The number of H-pyrrole nitrogens is 1. The van der Waals surface area contributed by atoms with Gasteiger partial charge in [-0.05, 0) is 61.4 Å². The molecule has 3 aromatic rings. The highest BCUT2D eigenvalue weighted by Gasteiger charge is 2.27. The highest BCUT2D eigenvalue weighted by molar-refractivity contribution is 5.97. The fourth-order valence-corrected chi connectivity index (χ4v) is 5.39. The van der Waals surface area contributed by atoms with Crippen LogP contribution in [0.3, 0.4) is 0 Å². The first-order valence-corrected chi connectivity index (χ1v) is 12.2. The smallest absolute Gasteiger partial charge is 0.254 e. The Morgan fingerprint density at radius 3 is 2.65 bits per heavy atom. The summed E-state index contributed by atoms with van der Waals surface area (Å²) in [4.78, 5) is 24.0. The summed E-state index contributed by atoms with van der Waals surface area (Å²) >= 11 is 0. The van der Waals surface area contributed by atoms with Crippen molar-refractivity contribution in [1.29, 1.82) is 5.26 Å². The second kappa shape index (κ2) is 9.44. The van der Waals surface area contributed by atoms with Crippen LogP contribution in [0.4, 0.5) is 0 Å². The number of fused-ring (bicyclic) bond motifs is 1. The zero-order valence-electron chi connectivity index (χ0n) is 19.9. The number of benzene rings is 2. The van der Waals surface area contributed by atoms with Crippen LogP contribution in [0.15, 0.2) is 36.4 Å². The molecule has 0 aliphatic carbocycles. The van der Waals surface area contributed by atoms with Crippen molar-refractivity contribution in [1.82, 2.24) is 20.2 Å². The fraction of sp³-hybridized carbons (Fsp3) is 0.393. The summed E-state index contributed by atoms with van der Waals surface area (Å²) in [6.45, 7) is 7.41. The van der Waals surface area contributed by atoms with Gasteiger partial charge in [0.1, 0.15) is 5.82 Å².